The van der Waals surface area contributed by atoms with Gasteiger partial charge < -0.3 is 24.8 Å². The molecule has 0 spiro atoms. The third kappa shape index (κ3) is 5.26. The lowest BCUT2D eigenvalue weighted by atomic mass is 9.99. The molecule has 8 nitrogen and oxygen atoms in total. The Balaban J connectivity index is 1.38. The van der Waals surface area contributed by atoms with Gasteiger partial charge in [0, 0.05) is 30.4 Å². The van der Waals surface area contributed by atoms with E-state index >= 15 is 0 Å². The summed E-state index contributed by atoms with van der Waals surface area (Å²) < 4.78 is 35.4. The number of fused-ring (bicyclic) bond motifs is 2. The highest BCUT2D eigenvalue weighted by Crippen LogP contribution is 2.39. The predicted molar refractivity (Wildman–Crippen MR) is 143 cm³/mol. The fourth-order valence-corrected chi connectivity index (χ4v) is 4.95. The molecule has 0 unspecified atom stereocenters. The molecule has 0 saturated carbocycles. The number of aromatic nitrogens is 2. The van der Waals surface area contributed by atoms with Crippen molar-refractivity contribution in [2.45, 2.75) is 32.9 Å². The van der Waals surface area contributed by atoms with Crippen LogP contribution in [0.4, 0.5) is 26.1 Å². The summed E-state index contributed by atoms with van der Waals surface area (Å²) in [4.78, 5) is 26.7. The smallest absolute Gasteiger partial charge is 0.237 e. The van der Waals surface area contributed by atoms with Crippen LogP contribution in [0.25, 0.3) is 11.3 Å². The number of ether oxygens (including phenoxy) is 1. The maximum atomic E-state index is 15.0. The van der Waals surface area contributed by atoms with Gasteiger partial charge in [-0.2, -0.15) is 0 Å². The average Bonchev–Trinajstić information content (AvgIpc) is 2.88. The highest BCUT2D eigenvalue weighted by molar-refractivity contribution is 5.78. The number of carbonyl (C=O) groups excluding carboxylic acids is 1. The van der Waals surface area contributed by atoms with Gasteiger partial charge in [-0.1, -0.05) is 6.07 Å². The van der Waals surface area contributed by atoms with Gasteiger partial charge in [0.25, 0.3) is 0 Å². The highest BCUT2D eigenvalue weighted by Gasteiger charge is 2.26. The molecule has 0 atom stereocenters. The molecule has 3 aromatic rings. The standard InChI is InChI=1S/C28H32F2N6O2/c1-17(2)36-9-10-38-27-22(29)12-20(13-24(27)36)26-23(30)14-31-28(33-26)32-21-6-5-19-15-35(8-7-18(19)11-21)25(37)16-34(3)4/h5-6,11-14,17H,7-10,15-16H2,1-4H3,(H,31,32,33). The Kier molecular flexibility index (Phi) is 7.16. The van der Waals surface area contributed by atoms with E-state index in [0.717, 1.165) is 29.4 Å². The van der Waals surface area contributed by atoms with Crippen LogP contribution >= 0.6 is 0 Å². The molecular formula is C28H32F2N6O2. The molecule has 1 aromatic heterocycles. The van der Waals surface area contributed by atoms with Gasteiger partial charge in [0.1, 0.15) is 12.3 Å². The first-order chi connectivity index (χ1) is 18.2. The van der Waals surface area contributed by atoms with E-state index in [1.165, 1.54) is 6.07 Å². The van der Waals surface area contributed by atoms with Crippen LogP contribution in [-0.2, 0) is 17.8 Å². The number of nitrogens with one attached hydrogen (secondary N) is 1. The van der Waals surface area contributed by atoms with Crippen molar-refractivity contribution < 1.29 is 18.3 Å². The molecule has 0 saturated heterocycles. The Hall–Kier alpha value is -3.79. The van der Waals surface area contributed by atoms with Gasteiger partial charge >= 0.3 is 0 Å². The number of hydrogen-bond acceptors (Lipinski definition) is 7. The lowest BCUT2D eigenvalue weighted by Crippen LogP contribution is -2.40. The van der Waals surface area contributed by atoms with Gasteiger partial charge in [-0.15, -0.1) is 0 Å². The van der Waals surface area contributed by atoms with Crippen molar-refractivity contribution in [1.29, 1.82) is 0 Å². The number of nitrogens with zero attached hydrogens (tertiary/aromatic N) is 5. The Morgan fingerprint density at radius 3 is 2.71 bits per heavy atom. The molecule has 3 heterocycles. The Bertz CT molecular complexity index is 1360. The second kappa shape index (κ2) is 10.5. The highest BCUT2D eigenvalue weighted by atomic mass is 19.1. The van der Waals surface area contributed by atoms with E-state index in [-0.39, 0.29) is 29.3 Å². The number of anilines is 3. The van der Waals surface area contributed by atoms with E-state index in [9.17, 15) is 13.6 Å². The van der Waals surface area contributed by atoms with Crippen molar-refractivity contribution in [2.24, 2.45) is 0 Å². The predicted octanol–water partition coefficient (Wildman–Crippen LogP) is 4.22. The van der Waals surface area contributed by atoms with Crippen LogP contribution in [0, 0.1) is 11.6 Å². The van der Waals surface area contributed by atoms with Gasteiger partial charge in [0.2, 0.25) is 11.9 Å². The summed E-state index contributed by atoms with van der Waals surface area (Å²) in [5, 5.41) is 3.15. The minimum atomic E-state index is -0.643. The quantitative estimate of drug-likeness (QED) is 0.520. The molecule has 2 aliphatic rings. The van der Waals surface area contributed by atoms with E-state index in [2.05, 4.69) is 15.3 Å². The number of halogens is 2. The summed E-state index contributed by atoms with van der Waals surface area (Å²) in [6.45, 7) is 6.66. The van der Waals surface area contributed by atoms with Crippen LogP contribution in [0.5, 0.6) is 5.75 Å². The molecule has 2 aromatic carbocycles. The first kappa shape index (κ1) is 25.8. The number of carbonyl (C=O) groups is 1. The van der Waals surface area contributed by atoms with Gasteiger partial charge in [-0.05, 0) is 69.8 Å². The summed E-state index contributed by atoms with van der Waals surface area (Å²) in [6.07, 6.45) is 1.83. The number of rotatable bonds is 6. The van der Waals surface area contributed by atoms with Crippen molar-refractivity contribution in [3.05, 3.63) is 59.3 Å². The van der Waals surface area contributed by atoms with Crippen LogP contribution in [0.2, 0.25) is 0 Å². The first-order valence-corrected chi connectivity index (χ1v) is 12.8. The first-order valence-electron chi connectivity index (χ1n) is 12.8. The van der Waals surface area contributed by atoms with Crippen molar-refractivity contribution in [3.8, 4) is 17.0 Å². The van der Waals surface area contributed by atoms with Crippen LogP contribution < -0.4 is 15.0 Å². The van der Waals surface area contributed by atoms with Crippen LogP contribution in [0.3, 0.4) is 0 Å². The molecule has 5 rings (SSSR count). The zero-order valence-corrected chi connectivity index (χ0v) is 22.1. The van der Waals surface area contributed by atoms with E-state index in [0.29, 0.717) is 44.0 Å². The summed E-state index contributed by atoms with van der Waals surface area (Å²) >= 11 is 0. The maximum Gasteiger partial charge on any atom is 0.237 e. The third-order valence-corrected chi connectivity index (χ3v) is 6.83. The number of amides is 1. The second-order valence-electron chi connectivity index (χ2n) is 10.2. The fourth-order valence-electron chi connectivity index (χ4n) is 4.95. The molecule has 0 radical (unpaired) electrons. The molecule has 2 aliphatic heterocycles. The summed E-state index contributed by atoms with van der Waals surface area (Å²) in [5.74, 6) is -0.705. The fraction of sp³-hybridized carbons (Fsp3) is 0.393. The normalized spacial score (nSPS) is 14.8. The summed E-state index contributed by atoms with van der Waals surface area (Å²) in [6, 6.07) is 8.97. The Morgan fingerprint density at radius 1 is 1.13 bits per heavy atom. The van der Waals surface area contributed by atoms with Crippen molar-refractivity contribution >= 4 is 23.2 Å². The van der Waals surface area contributed by atoms with Crippen molar-refractivity contribution in [3.63, 3.8) is 0 Å². The topological polar surface area (TPSA) is 73.8 Å². The zero-order valence-electron chi connectivity index (χ0n) is 22.1. The van der Waals surface area contributed by atoms with E-state index in [1.807, 2.05) is 60.8 Å². The molecule has 0 bridgehead atoms. The zero-order chi connectivity index (χ0) is 27.0. The minimum Gasteiger partial charge on any atom is -0.486 e. The monoisotopic (exact) mass is 522 g/mol. The molecule has 0 aliphatic carbocycles. The molecule has 1 N–H and O–H groups in total. The van der Waals surface area contributed by atoms with Crippen LogP contribution in [0.15, 0.2) is 36.5 Å². The van der Waals surface area contributed by atoms with E-state index < -0.39 is 11.6 Å². The summed E-state index contributed by atoms with van der Waals surface area (Å²) in [7, 11) is 3.76. The molecule has 0 fully saturated rings. The lowest BCUT2D eigenvalue weighted by Gasteiger charge is -2.34. The van der Waals surface area contributed by atoms with Crippen molar-refractivity contribution in [2.75, 3.05) is 50.6 Å². The van der Waals surface area contributed by atoms with Gasteiger partial charge in [0.15, 0.2) is 17.4 Å². The lowest BCUT2D eigenvalue weighted by molar-refractivity contribution is -0.132. The van der Waals surface area contributed by atoms with E-state index in [4.69, 9.17) is 4.74 Å². The van der Waals surface area contributed by atoms with Crippen LogP contribution in [-0.4, -0.2) is 72.1 Å². The Morgan fingerprint density at radius 2 is 1.95 bits per heavy atom. The maximum absolute atomic E-state index is 15.0. The SMILES string of the molecule is CC(C)N1CCOc2c(F)cc(-c3nc(Nc4ccc5c(c4)CCN(C(=O)CN(C)C)C5)ncc3F)cc21. The van der Waals surface area contributed by atoms with Gasteiger partial charge in [-0.3, -0.25) is 4.79 Å². The number of hydrogen-bond donors (Lipinski definition) is 1. The third-order valence-electron chi connectivity index (χ3n) is 6.83. The molecule has 10 heteroatoms. The minimum absolute atomic E-state index is 0.00601. The molecule has 38 heavy (non-hydrogen) atoms. The Labute approximate surface area is 221 Å². The molecule has 200 valence electrons. The van der Waals surface area contributed by atoms with Crippen molar-refractivity contribution in [1.82, 2.24) is 19.8 Å². The van der Waals surface area contributed by atoms with Gasteiger partial charge in [0.05, 0.1) is 25.0 Å². The molecule has 1 amide bonds. The largest absolute Gasteiger partial charge is 0.486 e. The van der Waals surface area contributed by atoms with E-state index in [1.54, 1.807) is 6.07 Å². The second-order valence-corrected chi connectivity index (χ2v) is 10.2. The van der Waals surface area contributed by atoms with Gasteiger partial charge in [-0.25, -0.2) is 18.7 Å². The number of likely N-dealkylation sites (N-methyl/N-ethyl adjacent to an activating group) is 1. The average molecular weight is 523 g/mol. The number of benzene rings is 2. The summed E-state index contributed by atoms with van der Waals surface area (Å²) in [5.41, 5.74) is 3.89. The van der Waals surface area contributed by atoms with Crippen LogP contribution in [0.1, 0.15) is 25.0 Å². The molecular weight excluding hydrogens is 490 g/mol.